The van der Waals surface area contributed by atoms with Gasteiger partial charge in [-0.1, -0.05) is 64.5 Å². The highest BCUT2D eigenvalue weighted by Gasteiger charge is 2.22. The lowest BCUT2D eigenvalue weighted by Crippen LogP contribution is -2.48. The van der Waals surface area contributed by atoms with Crippen LogP contribution in [0, 0.1) is 0 Å². The molecule has 2 N–H and O–H groups in total. The minimum Gasteiger partial charge on any atom is -0.459 e. The number of benzene rings is 2. The van der Waals surface area contributed by atoms with E-state index in [1.807, 2.05) is 54.6 Å². The molecule has 6 heteroatoms. The van der Waals surface area contributed by atoms with Crippen LogP contribution in [0.1, 0.15) is 21.7 Å². The predicted octanol–water partition coefficient (Wildman–Crippen LogP) is 3.74. The second kappa shape index (κ2) is 9.90. The lowest BCUT2D eigenvalue weighted by Gasteiger charge is -2.18. The van der Waals surface area contributed by atoms with Crippen molar-refractivity contribution in [3.05, 3.63) is 94.4 Å². The Balaban J connectivity index is 1.63. The van der Waals surface area contributed by atoms with Gasteiger partial charge in [0.1, 0.15) is 6.04 Å². The molecule has 0 saturated carbocycles. The summed E-state index contributed by atoms with van der Waals surface area (Å²) in [4.78, 5) is 25.1. The molecule has 144 valence electrons. The Morgan fingerprint density at radius 3 is 2.43 bits per heavy atom. The summed E-state index contributed by atoms with van der Waals surface area (Å²) in [6.45, 7) is 0.476. The van der Waals surface area contributed by atoms with E-state index in [0.29, 0.717) is 19.4 Å². The number of hydrogen-bond acceptors (Lipinski definition) is 3. The maximum absolute atomic E-state index is 12.8. The molecule has 1 atom stereocenters. The number of halogens is 1. The van der Waals surface area contributed by atoms with Crippen molar-refractivity contribution in [1.29, 1.82) is 0 Å². The summed E-state index contributed by atoms with van der Waals surface area (Å²) in [7, 11) is 0. The molecule has 3 rings (SSSR count). The molecule has 1 unspecified atom stereocenters. The van der Waals surface area contributed by atoms with Crippen LogP contribution in [0.3, 0.4) is 0 Å². The lowest BCUT2D eigenvalue weighted by molar-refractivity contribution is -0.122. The van der Waals surface area contributed by atoms with E-state index >= 15 is 0 Å². The van der Waals surface area contributed by atoms with Gasteiger partial charge in [0.25, 0.3) is 5.91 Å². The first-order valence-corrected chi connectivity index (χ1v) is 9.82. The van der Waals surface area contributed by atoms with Crippen molar-refractivity contribution < 1.29 is 14.0 Å². The summed E-state index contributed by atoms with van der Waals surface area (Å²) in [5, 5.41) is 5.70. The Bertz CT molecular complexity index is 911. The molecule has 5 nitrogen and oxygen atoms in total. The molecular formula is C22H21BrN2O3. The minimum absolute atomic E-state index is 0.180. The molecule has 1 heterocycles. The summed E-state index contributed by atoms with van der Waals surface area (Å²) in [6, 6.07) is 20.0. The molecule has 0 aliphatic heterocycles. The fourth-order valence-electron chi connectivity index (χ4n) is 2.84. The Morgan fingerprint density at radius 1 is 0.964 bits per heavy atom. The Hall–Kier alpha value is -2.86. The van der Waals surface area contributed by atoms with Crippen LogP contribution in [0.25, 0.3) is 0 Å². The van der Waals surface area contributed by atoms with E-state index in [2.05, 4.69) is 26.6 Å². The van der Waals surface area contributed by atoms with E-state index in [0.717, 1.165) is 15.6 Å². The highest BCUT2D eigenvalue weighted by atomic mass is 79.9. The van der Waals surface area contributed by atoms with Gasteiger partial charge in [0.15, 0.2) is 5.76 Å². The van der Waals surface area contributed by atoms with Gasteiger partial charge in [-0.25, -0.2) is 0 Å². The van der Waals surface area contributed by atoms with Gasteiger partial charge in [-0.3, -0.25) is 9.59 Å². The van der Waals surface area contributed by atoms with E-state index in [9.17, 15) is 9.59 Å². The van der Waals surface area contributed by atoms with Crippen LogP contribution in [0.2, 0.25) is 0 Å². The number of rotatable bonds is 8. The zero-order valence-electron chi connectivity index (χ0n) is 15.2. The minimum atomic E-state index is -0.695. The highest BCUT2D eigenvalue weighted by Crippen LogP contribution is 2.15. The van der Waals surface area contributed by atoms with Crippen LogP contribution in [-0.4, -0.2) is 24.4 Å². The quantitative estimate of drug-likeness (QED) is 0.560. The zero-order chi connectivity index (χ0) is 19.8. The first kappa shape index (κ1) is 19.9. The standard InChI is InChI=1S/C22H21BrN2O3/c23-18-10-5-4-9-17(18)12-13-24-21(26)19(15-16-7-2-1-3-8-16)25-22(27)20-11-6-14-28-20/h1-11,14,19H,12-13,15H2,(H,24,26)(H,25,27). The van der Waals surface area contributed by atoms with E-state index in [1.165, 1.54) is 6.26 Å². The van der Waals surface area contributed by atoms with Crippen molar-refractivity contribution >= 4 is 27.7 Å². The summed E-state index contributed by atoms with van der Waals surface area (Å²) >= 11 is 3.51. The van der Waals surface area contributed by atoms with Crippen molar-refractivity contribution in [2.75, 3.05) is 6.54 Å². The molecule has 28 heavy (non-hydrogen) atoms. The van der Waals surface area contributed by atoms with Gasteiger partial charge in [-0.15, -0.1) is 0 Å². The van der Waals surface area contributed by atoms with Crippen LogP contribution in [0.5, 0.6) is 0 Å². The number of hydrogen-bond donors (Lipinski definition) is 2. The Labute approximate surface area is 172 Å². The van der Waals surface area contributed by atoms with Gasteiger partial charge in [0.05, 0.1) is 6.26 Å². The topological polar surface area (TPSA) is 71.3 Å². The van der Waals surface area contributed by atoms with E-state index in [4.69, 9.17) is 4.42 Å². The Kier molecular flexibility index (Phi) is 7.03. The van der Waals surface area contributed by atoms with Gasteiger partial charge < -0.3 is 15.1 Å². The number of nitrogens with one attached hydrogen (secondary N) is 2. The SMILES string of the molecule is O=C(NC(Cc1ccccc1)C(=O)NCCc1ccccc1Br)c1ccco1. The van der Waals surface area contributed by atoms with Gasteiger partial charge in [-0.2, -0.15) is 0 Å². The highest BCUT2D eigenvalue weighted by molar-refractivity contribution is 9.10. The molecule has 1 aromatic heterocycles. The summed E-state index contributed by atoms with van der Waals surface area (Å²) in [6.07, 6.45) is 2.52. The third kappa shape index (κ3) is 5.57. The monoisotopic (exact) mass is 440 g/mol. The fourth-order valence-corrected chi connectivity index (χ4v) is 3.32. The van der Waals surface area contributed by atoms with Crippen molar-refractivity contribution in [3.8, 4) is 0 Å². The molecule has 0 fully saturated rings. The number of amides is 2. The summed E-state index contributed by atoms with van der Waals surface area (Å²) < 4.78 is 6.14. The normalized spacial score (nSPS) is 11.6. The second-order valence-corrected chi connectivity index (χ2v) is 7.18. The van der Waals surface area contributed by atoms with Gasteiger partial charge in [-0.05, 0) is 35.7 Å². The molecular weight excluding hydrogens is 420 g/mol. The number of carbonyl (C=O) groups is 2. The predicted molar refractivity (Wildman–Crippen MR) is 111 cm³/mol. The van der Waals surface area contributed by atoms with Gasteiger partial charge in [0.2, 0.25) is 5.91 Å². The van der Waals surface area contributed by atoms with Crippen LogP contribution >= 0.6 is 15.9 Å². The third-order valence-electron chi connectivity index (χ3n) is 4.30. The molecule has 0 radical (unpaired) electrons. The average Bonchev–Trinajstić information content (AvgIpc) is 3.24. The van der Waals surface area contributed by atoms with Crippen LogP contribution in [0.4, 0.5) is 0 Å². The number of carbonyl (C=O) groups excluding carboxylic acids is 2. The lowest BCUT2D eigenvalue weighted by atomic mass is 10.0. The fraction of sp³-hybridized carbons (Fsp3) is 0.182. The molecule has 0 aliphatic rings. The van der Waals surface area contributed by atoms with Crippen molar-refractivity contribution in [1.82, 2.24) is 10.6 Å². The van der Waals surface area contributed by atoms with Gasteiger partial charge in [0, 0.05) is 17.4 Å². The van der Waals surface area contributed by atoms with Crippen molar-refractivity contribution in [2.24, 2.45) is 0 Å². The van der Waals surface area contributed by atoms with E-state index in [-0.39, 0.29) is 11.7 Å². The largest absolute Gasteiger partial charge is 0.459 e. The van der Waals surface area contributed by atoms with Gasteiger partial charge >= 0.3 is 0 Å². The molecule has 0 bridgehead atoms. The number of furan rings is 1. The molecule has 3 aromatic rings. The summed E-state index contributed by atoms with van der Waals surface area (Å²) in [5.74, 6) is -0.457. The van der Waals surface area contributed by atoms with Crippen molar-refractivity contribution in [3.63, 3.8) is 0 Å². The third-order valence-corrected chi connectivity index (χ3v) is 5.07. The van der Waals surface area contributed by atoms with Crippen LogP contribution in [-0.2, 0) is 17.6 Å². The molecule has 0 spiro atoms. The van der Waals surface area contributed by atoms with Crippen molar-refractivity contribution in [2.45, 2.75) is 18.9 Å². The maximum atomic E-state index is 12.8. The summed E-state index contributed by atoms with van der Waals surface area (Å²) in [5.41, 5.74) is 2.08. The molecule has 0 aliphatic carbocycles. The van der Waals surface area contributed by atoms with E-state index < -0.39 is 11.9 Å². The zero-order valence-corrected chi connectivity index (χ0v) is 16.8. The smallest absolute Gasteiger partial charge is 0.287 e. The van der Waals surface area contributed by atoms with Crippen LogP contribution < -0.4 is 10.6 Å². The van der Waals surface area contributed by atoms with E-state index in [1.54, 1.807) is 12.1 Å². The van der Waals surface area contributed by atoms with Crippen LogP contribution in [0.15, 0.2) is 81.9 Å². The molecule has 0 saturated heterocycles. The maximum Gasteiger partial charge on any atom is 0.287 e. The Morgan fingerprint density at radius 2 is 1.71 bits per heavy atom. The molecule has 2 amide bonds. The average molecular weight is 441 g/mol. The second-order valence-electron chi connectivity index (χ2n) is 6.33. The first-order chi connectivity index (χ1) is 13.6. The molecule has 2 aromatic carbocycles. The first-order valence-electron chi connectivity index (χ1n) is 9.03.